The first-order valence-electron chi connectivity index (χ1n) is 13.2. The van der Waals surface area contributed by atoms with E-state index >= 15 is 0 Å². The number of benzene rings is 2. The summed E-state index contributed by atoms with van der Waals surface area (Å²) in [4.78, 5) is 4.02. The van der Waals surface area contributed by atoms with Crippen molar-refractivity contribution in [2.45, 2.75) is 56.6 Å². The minimum atomic E-state index is -4.99. The molecule has 12 heteroatoms. The first-order chi connectivity index (χ1) is 19.4. The van der Waals surface area contributed by atoms with Gasteiger partial charge in [0.1, 0.15) is 5.82 Å². The maximum absolute atomic E-state index is 13.7. The van der Waals surface area contributed by atoms with Crippen LogP contribution in [0.15, 0.2) is 42.5 Å². The minimum Gasteiger partial charge on any atom is -0.395 e. The number of aliphatic hydroxyl groups is 1. The summed E-state index contributed by atoms with van der Waals surface area (Å²) in [6, 6.07) is 6.31. The predicted octanol–water partition coefficient (Wildman–Crippen LogP) is 5.80. The fourth-order valence-corrected chi connectivity index (χ4v) is 5.13. The molecule has 2 fully saturated rings. The summed E-state index contributed by atoms with van der Waals surface area (Å²) in [5.74, 6) is 5.74. The Balaban J connectivity index is 1.57. The highest BCUT2D eigenvalue weighted by atomic mass is 19.4. The second-order valence-electron chi connectivity index (χ2n) is 10.1. The smallest absolute Gasteiger partial charge is 0.395 e. The van der Waals surface area contributed by atoms with E-state index in [2.05, 4.69) is 16.7 Å². The van der Waals surface area contributed by atoms with Crippen LogP contribution in [0.3, 0.4) is 0 Å². The number of hydrogen-bond acceptors (Lipinski definition) is 5. The number of halogens is 7. The van der Waals surface area contributed by atoms with E-state index in [1.165, 1.54) is 31.2 Å². The number of likely N-dealkylation sites (tertiary alicyclic amines) is 1. The topological polar surface area (TPSA) is 45.2 Å². The molecule has 0 aromatic heterocycles. The molecule has 1 N–H and O–H groups in total. The molecule has 2 aromatic rings. The van der Waals surface area contributed by atoms with Crippen molar-refractivity contribution < 1.29 is 45.3 Å². The van der Waals surface area contributed by atoms with E-state index in [0.717, 1.165) is 19.4 Å². The van der Waals surface area contributed by atoms with Gasteiger partial charge in [0, 0.05) is 12.6 Å². The SMILES string of the molecule is CC(OC1OCCN(CC#CCN2CCCC2CO)C1c1ccc(F)cc1)c1cc(C(F)(F)F)cc(C(F)(F)F)c1. The lowest BCUT2D eigenvalue weighted by Crippen LogP contribution is -2.46. The Kier molecular flexibility index (Phi) is 9.97. The van der Waals surface area contributed by atoms with Crippen LogP contribution in [-0.4, -0.2) is 66.6 Å². The van der Waals surface area contributed by atoms with Crippen LogP contribution in [0.2, 0.25) is 0 Å². The van der Waals surface area contributed by atoms with Crippen molar-refractivity contribution in [2.24, 2.45) is 0 Å². The molecule has 5 nitrogen and oxygen atoms in total. The lowest BCUT2D eigenvalue weighted by molar-refractivity contribution is -0.228. The Hall–Kier alpha value is -2.69. The van der Waals surface area contributed by atoms with Gasteiger partial charge < -0.3 is 14.6 Å². The van der Waals surface area contributed by atoms with E-state index in [0.29, 0.717) is 30.8 Å². The Morgan fingerprint density at radius 3 is 2.15 bits per heavy atom. The standard InChI is InChI=1S/C29H31F7N2O3/c1-19(21-15-22(28(31,32)33)17-23(16-21)29(34,35)36)41-27-26(20-6-8-24(30)9-7-20)38(13-14-40-27)11-3-2-10-37-12-4-5-25(37)18-39/h6-9,15-17,19,25-27,39H,4-5,10-14,18H2,1H3. The fourth-order valence-electron chi connectivity index (χ4n) is 5.13. The van der Waals surface area contributed by atoms with Gasteiger partial charge in [-0.2, -0.15) is 26.3 Å². The molecule has 0 aliphatic carbocycles. The molecule has 2 aliphatic heterocycles. The van der Waals surface area contributed by atoms with Crippen molar-refractivity contribution >= 4 is 0 Å². The zero-order valence-corrected chi connectivity index (χ0v) is 22.3. The minimum absolute atomic E-state index is 0.0608. The van der Waals surface area contributed by atoms with Gasteiger partial charge in [-0.25, -0.2) is 4.39 Å². The fraction of sp³-hybridized carbons (Fsp3) is 0.517. The first kappa shape index (κ1) is 31.3. The van der Waals surface area contributed by atoms with E-state index in [9.17, 15) is 35.8 Å². The predicted molar refractivity (Wildman–Crippen MR) is 136 cm³/mol. The van der Waals surface area contributed by atoms with E-state index in [-0.39, 0.29) is 37.4 Å². The number of rotatable bonds is 7. The number of nitrogens with zero attached hydrogens (tertiary/aromatic N) is 2. The number of aliphatic hydroxyl groups excluding tert-OH is 1. The van der Waals surface area contributed by atoms with E-state index in [4.69, 9.17) is 9.47 Å². The largest absolute Gasteiger partial charge is 0.416 e. The summed E-state index contributed by atoms with van der Waals surface area (Å²) in [5.41, 5.74) is -2.59. The van der Waals surface area contributed by atoms with Gasteiger partial charge in [-0.05, 0) is 67.8 Å². The molecule has 4 rings (SSSR count). The van der Waals surface area contributed by atoms with Gasteiger partial charge in [0.05, 0.1) is 49.6 Å². The molecule has 2 aromatic carbocycles. The highest BCUT2D eigenvalue weighted by Gasteiger charge is 2.39. The average Bonchev–Trinajstić information content (AvgIpc) is 3.38. The molecular weight excluding hydrogens is 557 g/mol. The first-order valence-corrected chi connectivity index (χ1v) is 13.2. The van der Waals surface area contributed by atoms with Gasteiger partial charge in [-0.15, -0.1) is 0 Å². The number of hydrogen-bond donors (Lipinski definition) is 1. The van der Waals surface area contributed by atoms with Gasteiger partial charge >= 0.3 is 12.4 Å². The molecule has 4 unspecified atom stereocenters. The molecule has 0 saturated carbocycles. The Morgan fingerprint density at radius 1 is 0.951 bits per heavy atom. The van der Waals surface area contributed by atoms with Crippen LogP contribution in [0.1, 0.15) is 54.2 Å². The molecule has 2 saturated heterocycles. The molecule has 2 heterocycles. The molecule has 41 heavy (non-hydrogen) atoms. The zero-order chi connectivity index (χ0) is 29.8. The normalized spacial score (nSPS) is 23.3. The molecule has 0 bridgehead atoms. The molecule has 0 radical (unpaired) electrons. The monoisotopic (exact) mass is 588 g/mol. The highest BCUT2D eigenvalue weighted by Crippen LogP contribution is 2.39. The molecule has 224 valence electrons. The third kappa shape index (κ3) is 7.99. The number of morpholine rings is 1. The maximum Gasteiger partial charge on any atom is 0.416 e. The van der Waals surface area contributed by atoms with E-state index < -0.39 is 47.7 Å². The van der Waals surface area contributed by atoms with Crippen molar-refractivity contribution in [2.75, 3.05) is 39.4 Å². The van der Waals surface area contributed by atoms with Gasteiger partial charge in [-0.3, -0.25) is 9.80 Å². The van der Waals surface area contributed by atoms with Crippen LogP contribution in [-0.2, 0) is 21.8 Å². The molecule has 2 aliphatic rings. The van der Waals surface area contributed by atoms with Crippen molar-refractivity contribution in [1.29, 1.82) is 0 Å². The second-order valence-corrected chi connectivity index (χ2v) is 10.1. The summed E-state index contributed by atoms with van der Waals surface area (Å²) >= 11 is 0. The summed E-state index contributed by atoms with van der Waals surface area (Å²) in [7, 11) is 0. The Bertz CT molecular complexity index is 1190. The van der Waals surface area contributed by atoms with Gasteiger partial charge in [0.25, 0.3) is 0 Å². The summed E-state index contributed by atoms with van der Waals surface area (Å²) in [6.07, 6.45) is -10.4. The van der Waals surface area contributed by atoms with Gasteiger partial charge in [-0.1, -0.05) is 24.0 Å². The summed E-state index contributed by atoms with van der Waals surface area (Å²) in [5, 5.41) is 9.51. The van der Waals surface area contributed by atoms with Crippen LogP contribution in [0.4, 0.5) is 30.7 Å². The average molecular weight is 589 g/mol. The second kappa shape index (κ2) is 13.1. The molecule has 0 spiro atoms. The highest BCUT2D eigenvalue weighted by molar-refractivity contribution is 5.35. The Morgan fingerprint density at radius 2 is 1.56 bits per heavy atom. The van der Waals surface area contributed by atoms with Gasteiger partial charge in [0.2, 0.25) is 0 Å². The molecular formula is C29H31F7N2O3. The third-order valence-corrected chi connectivity index (χ3v) is 7.34. The summed E-state index contributed by atoms with van der Waals surface area (Å²) < 4.78 is 106. The number of ether oxygens (including phenoxy) is 2. The lowest BCUT2D eigenvalue weighted by atomic mass is 10.0. The van der Waals surface area contributed by atoms with E-state index in [1.54, 1.807) is 0 Å². The third-order valence-electron chi connectivity index (χ3n) is 7.34. The zero-order valence-electron chi connectivity index (χ0n) is 22.3. The van der Waals surface area contributed by atoms with Crippen LogP contribution in [0.25, 0.3) is 0 Å². The van der Waals surface area contributed by atoms with Crippen LogP contribution < -0.4 is 0 Å². The summed E-state index contributed by atoms with van der Waals surface area (Å²) in [6.45, 7) is 3.58. The quantitative estimate of drug-likeness (QED) is 0.327. The van der Waals surface area contributed by atoms with Crippen LogP contribution >= 0.6 is 0 Å². The Labute approximate surface area is 233 Å². The van der Waals surface area contributed by atoms with Crippen LogP contribution in [0.5, 0.6) is 0 Å². The molecule has 0 amide bonds. The van der Waals surface area contributed by atoms with Crippen LogP contribution in [0, 0.1) is 17.7 Å². The maximum atomic E-state index is 13.7. The molecule has 4 atom stereocenters. The van der Waals surface area contributed by atoms with Gasteiger partial charge in [0.15, 0.2) is 6.29 Å². The lowest BCUT2D eigenvalue weighted by Gasteiger charge is -2.41. The van der Waals surface area contributed by atoms with Crippen molar-refractivity contribution in [3.05, 3.63) is 70.5 Å². The van der Waals surface area contributed by atoms with Crippen molar-refractivity contribution in [3.8, 4) is 11.8 Å². The number of alkyl halides is 6. The van der Waals surface area contributed by atoms with Crippen molar-refractivity contribution in [1.82, 2.24) is 9.80 Å². The van der Waals surface area contributed by atoms with E-state index in [1.807, 2.05) is 4.90 Å². The van der Waals surface area contributed by atoms with Crippen molar-refractivity contribution in [3.63, 3.8) is 0 Å².